The van der Waals surface area contributed by atoms with Crippen LogP contribution in [-0.4, -0.2) is 13.2 Å². The van der Waals surface area contributed by atoms with Gasteiger partial charge in [-0.25, -0.2) is 0 Å². The highest BCUT2D eigenvalue weighted by atomic mass is 16.5. The standard InChI is InChI=1S/C17H20O/c1-13(14-9-11-18-12-10-14)16-8-4-6-15-5-2-3-7-17(15)16/h2-8,13-14H,9-12H2,1H3. The van der Waals surface area contributed by atoms with E-state index < -0.39 is 0 Å². The van der Waals surface area contributed by atoms with Crippen LogP contribution in [0.2, 0.25) is 0 Å². The van der Waals surface area contributed by atoms with E-state index in [0.717, 1.165) is 19.1 Å². The molecule has 0 aromatic heterocycles. The highest BCUT2D eigenvalue weighted by Crippen LogP contribution is 2.35. The second-order valence-corrected chi connectivity index (χ2v) is 5.31. The highest BCUT2D eigenvalue weighted by molar-refractivity contribution is 5.86. The fraction of sp³-hybridized carbons (Fsp3) is 0.412. The van der Waals surface area contributed by atoms with E-state index in [-0.39, 0.29) is 0 Å². The molecule has 0 aliphatic carbocycles. The Kier molecular flexibility index (Phi) is 3.33. The molecule has 2 aromatic rings. The maximum absolute atomic E-state index is 5.47. The molecular weight excluding hydrogens is 220 g/mol. The second kappa shape index (κ2) is 5.11. The average molecular weight is 240 g/mol. The van der Waals surface area contributed by atoms with E-state index in [0.29, 0.717) is 5.92 Å². The van der Waals surface area contributed by atoms with Gasteiger partial charge in [0.05, 0.1) is 0 Å². The topological polar surface area (TPSA) is 9.23 Å². The van der Waals surface area contributed by atoms with Gasteiger partial charge in [0.1, 0.15) is 0 Å². The lowest BCUT2D eigenvalue weighted by Gasteiger charge is -2.28. The summed E-state index contributed by atoms with van der Waals surface area (Å²) in [7, 11) is 0. The molecule has 1 heteroatoms. The molecule has 0 radical (unpaired) electrons. The molecule has 1 aliphatic heterocycles. The average Bonchev–Trinajstić information content (AvgIpc) is 2.47. The van der Waals surface area contributed by atoms with Gasteiger partial charge >= 0.3 is 0 Å². The number of fused-ring (bicyclic) bond motifs is 1. The third-order valence-electron chi connectivity index (χ3n) is 4.29. The van der Waals surface area contributed by atoms with E-state index in [2.05, 4.69) is 49.4 Å². The van der Waals surface area contributed by atoms with Crippen molar-refractivity contribution < 1.29 is 4.74 Å². The van der Waals surface area contributed by atoms with Gasteiger partial charge in [0, 0.05) is 13.2 Å². The predicted molar refractivity (Wildman–Crippen MR) is 75.9 cm³/mol. The van der Waals surface area contributed by atoms with Crippen molar-refractivity contribution in [3.8, 4) is 0 Å². The minimum atomic E-state index is 0.625. The van der Waals surface area contributed by atoms with E-state index in [1.807, 2.05) is 0 Å². The van der Waals surface area contributed by atoms with Gasteiger partial charge in [-0.1, -0.05) is 49.4 Å². The summed E-state index contributed by atoms with van der Waals surface area (Å²) < 4.78 is 5.47. The molecule has 18 heavy (non-hydrogen) atoms. The molecule has 1 saturated heterocycles. The Morgan fingerprint density at radius 2 is 1.72 bits per heavy atom. The first-order valence-corrected chi connectivity index (χ1v) is 6.91. The van der Waals surface area contributed by atoms with E-state index in [1.54, 1.807) is 0 Å². The summed E-state index contributed by atoms with van der Waals surface area (Å²) in [5.74, 6) is 1.39. The Bertz CT molecular complexity index is 521. The van der Waals surface area contributed by atoms with Gasteiger partial charge < -0.3 is 4.74 Å². The van der Waals surface area contributed by atoms with Gasteiger partial charge in [-0.05, 0) is 41.0 Å². The van der Waals surface area contributed by atoms with Crippen molar-refractivity contribution in [3.05, 3.63) is 48.0 Å². The summed E-state index contributed by atoms with van der Waals surface area (Å²) in [4.78, 5) is 0. The summed E-state index contributed by atoms with van der Waals surface area (Å²) in [6, 6.07) is 15.4. The Labute approximate surface area is 109 Å². The summed E-state index contributed by atoms with van der Waals surface area (Å²) in [5, 5.41) is 2.77. The monoisotopic (exact) mass is 240 g/mol. The zero-order valence-electron chi connectivity index (χ0n) is 10.9. The molecule has 0 saturated carbocycles. The normalized spacial score (nSPS) is 18.9. The van der Waals surface area contributed by atoms with Crippen LogP contribution < -0.4 is 0 Å². The third-order valence-corrected chi connectivity index (χ3v) is 4.29. The number of hydrogen-bond donors (Lipinski definition) is 0. The molecule has 1 heterocycles. The summed E-state index contributed by atoms with van der Waals surface area (Å²) in [5.41, 5.74) is 1.50. The van der Waals surface area contributed by atoms with Crippen LogP contribution in [0.4, 0.5) is 0 Å². The largest absolute Gasteiger partial charge is 0.381 e. The molecule has 0 amide bonds. The van der Waals surface area contributed by atoms with E-state index in [1.165, 1.54) is 29.2 Å². The lowest BCUT2D eigenvalue weighted by Crippen LogP contribution is -2.20. The van der Waals surface area contributed by atoms with Gasteiger partial charge in [0.2, 0.25) is 0 Å². The van der Waals surface area contributed by atoms with Crippen molar-refractivity contribution in [2.45, 2.75) is 25.7 Å². The molecule has 0 bridgehead atoms. The molecule has 94 valence electrons. The Morgan fingerprint density at radius 1 is 1.00 bits per heavy atom. The van der Waals surface area contributed by atoms with Crippen LogP contribution in [-0.2, 0) is 4.74 Å². The molecule has 1 aliphatic rings. The lowest BCUT2D eigenvalue weighted by atomic mass is 9.81. The van der Waals surface area contributed by atoms with Crippen LogP contribution in [0.1, 0.15) is 31.2 Å². The van der Waals surface area contributed by atoms with Crippen LogP contribution >= 0.6 is 0 Å². The molecule has 0 spiro atoms. The highest BCUT2D eigenvalue weighted by Gasteiger charge is 2.22. The maximum Gasteiger partial charge on any atom is 0.0468 e. The number of hydrogen-bond acceptors (Lipinski definition) is 1. The molecule has 3 rings (SSSR count). The Balaban J connectivity index is 1.97. The summed E-state index contributed by atoms with van der Waals surface area (Å²) in [6.07, 6.45) is 2.40. The number of benzene rings is 2. The summed E-state index contributed by atoms with van der Waals surface area (Å²) >= 11 is 0. The van der Waals surface area contributed by atoms with Crippen LogP contribution in [0.5, 0.6) is 0 Å². The van der Waals surface area contributed by atoms with Gasteiger partial charge in [-0.15, -0.1) is 0 Å². The molecule has 1 fully saturated rings. The Hall–Kier alpha value is -1.34. The number of rotatable bonds is 2. The quantitative estimate of drug-likeness (QED) is 0.757. The molecule has 2 aromatic carbocycles. The molecule has 0 N–H and O–H groups in total. The first-order valence-electron chi connectivity index (χ1n) is 6.91. The van der Waals surface area contributed by atoms with E-state index in [9.17, 15) is 0 Å². The van der Waals surface area contributed by atoms with Crippen molar-refractivity contribution in [1.29, 1.82) is 0 Å². The van der Waals surface area contributed by atoms with Crippen LogP contribution in [0.3, 0.4) is 0 Å². The van der Waals surface area contributed by atoms with Gasteiger partial charge in [-0.2, -0.15) is 0 Å². The molecule has 1 atom stereocenters. The van der Waals surface area contributed by atoms with E-state index in [4.69, 9.17) is 4.74 Å². The van der Waals surface area contributed by atoms with Crippen molar-refractivity contribution in [2.75, 3.05) is 13.2 Å². The zero-order valence-corrected chi connectivity index (χ0v) is 10.9. The van der Waals surface area contributed by atoms with Crippen molar-refractivity contribution in [1.82, 2.24) is 0 Å². The molecular formula is C17H20O. The van der Waals surface area contributed by atoms with Gasteiger partial charge in [0.25, 0.3) is 0 Å². The third kappa shape index (κ3) is 2.15. The van der Waals surface area contributed by atoms with E-state index >= 15 is 0 Å². The second-order valence-electron chi connectivity index (χ2n) is 5.31. The first-order chi connectivity index (χ1) is 8.86. The number of ether oxygens (including phenoxy) is 1. The smallest absolute Gasteiger partial charge is 0.0468 e. The molecule has 1 nitrogen and oxygen atoms in total. The Morgan fingerprint density at radius 3 is 2.56 bits per heavy atom. The first kappa shape index (κ1) is 11.7. The predicted octanol–water partition coefficient (Wildman–Crippen LogP) is 4.37. The fourth-order valence-electron chi connectivity index (χ4n) is 3.12. The SMILES string of the molecule is CC(c1cccc2ccccc12)C1CCOCC1. The summed E-state index contributed by atoms with van der Waals surface area (Å²) in [6.45, 7) is 4.23. The minimum absolute atomic E-state index is 0.625. The molecule has 1 unspecified atom stereocenters. The van der Waals surface area contributed by atoms with Crippen molar-refractivity contribution in [3.63, 3.8) is 0 Å². The maximum atomic E-state index is 5.47. The van der Waals surface area contributed by atoms with Gasteiger partial charge in [-0.3, -0.25) is 0 Å². The minimum Gasteiger partial charge on any atom is -0.381 e. The van der Waals surface area contributed by atoms with Crippen LogP contribution in [0.15, 0.2) is 42.5 Å². The lowest BCUT2D eigenvalue weighted by molar-refractivity contribution is 0.0597. The van der Waals surface area contributed by atoms with Crippen molar-refractivity contribution >= 4 is 10.8 Å². The fourth-order valence-corrected chi connectivity index (χ4v) is 3.12. The van der Waals surface area contributed by atoms with Crippen LogP contribution in [0.25, 0.3) is 10.8 Å². The van der Waals surface area contributed by atoms with Crippen LogP contribution in [0, 0.1) is 5.92 Å². The van der Waals surface area contributed by atoms with Gasteiger partial charge in [0.15, 0.2) is 0 Å². The van der Waals surface area contributed by atoms with Crippen molar-refractivity contribution in [2.24, 2.45) is 5.92 Å². The zero-order chi connectivity index (χ0) is 12.4.